The van der Waals surface area contributed by atoms with Crippen LogP contribution in [0.15, 0.2) is 54.6 Å². The van der Waals surface area contributed by atoms with Crippen LogP contribution >= 0.6 is 0 Å². The SMILES string of the molecule is C[C@@H](C(=O)Nc1ccc(OCc2ccccc2)cc1)[NH+](C)CC(=O)N1CCOCC1. The molecule has 30 heavy (non-hydrogen) atoms. The quantitative estimate of drug-likeness (QED) is 0.678. The first kappa shape index (κ1) is 21.8. The highest BCUT2D eigenvalue weighted by molar-refractivity contribution is 5.93. The minimum atomic E-state index is -0.357. The van der Waals surface area contributed by atoms with Gasteiger partial charge in [0, 0.05) is 18.8 Å². The van der Waals surface area contributed by atoms with Gasteiger partial charge in [0.15, 0.2) is 12.6 Å². The highest BCUT2D eigenvalue weighted by Gasteiger charge is 2.27. The van der Waals surface area contributed by atoms with E-state index in [2.05, 4.69) is 5.32 Å². The van der Waals surface area contributed by atoms with Gasteiger partial charge in [0.2, 0.25) is 0 Å². The highest BCUT2D eigenvalue weighted by atomic mass is 16.5. The number of quaternary nitrogens is 1. The molecule has 0 aliphatic carbocycles. The largest absolute Gasteiger partial charge is 0.489 e. The topological polar surface area (TPSA) is 72.3 Å². The Hall–Kier alpha value is -2.90. The molecule has 0 radical (unpaired) electrons. The van der Waals surface area contributed by atoms with Crippen LogP contribution < -0.4 is 15.0 Å². The summed E-state index contributed by atoms with van der Waals surface area (Å²) in [7, 11) is 1.86. The summed E-state index contributed by atoms with van der Waals surface area (Å²) in [6.07, 6.45) is 0. The lowest BCUT2D eigenvalue weighted by molar-refractivity contribution is -0.886. The van der Waals surface area contributed by atoms with Gasteiger partial charge in [-0.05, 0) is 36.8 Å². The van der Waals surface area contributed by atoms with Gasteiger partial charge in [-0.15, -0.1) is 0 Å². The Morgan fingerprint density at radius 3 is 2.43 bits per heavy atom. The first-order valence-electron chi connectivity index (χ1n) is 10.3. The van der Waals surface area contributed by atoms with E-state index in [9.17, 15) is 9.59 Å². The molecule has 1 aliphatic heterocycles. The van der Waals surface area contributed by atoms with Crippen molar-refractivity contribution < 1.29 is 24.0 Å². The van der Waals surface area contributed by atoms with Crippen LogP contribution in [0.25, 0.3) is 0 Å². The summed E-state index contributed by atoms with van der Waals surface area (Å²) in [5, 5.41) is 2.92. The van der Waals surface area contributed by atoms with Gasteiger partial charge in [0.1, 0.15) is 12.4 Å². The van der Waals surface area contributed by atoms with Gasteiger partial charge in [-0.2, -0.15) is 0 Å². The fourth-order valence-electron chi connectivity index (χ4n) is 3.17. The van der Waals surface area contributed by atoms with Crippen LogP contribution in [0.4, 0.5) is 5.69 Å². The molecular weight excluding hydrogens is 382 g/mol. The number of anilines is 1. The Kier molecular flexibility index (Phi) is 7.82. The summed E-state index contributed by atoms with van der Waals surface area (Å²) < 4.78 is 11.1. The molecule has 1 unspecified atom stereocenters. The standard InChI is InChI=1S/C23H29N3O4/c1-18(25(2)16-22(27)26-12-14-29-15-13-26)23(28)24-20-8-10-21(11-9-20)30-17-19-6-4-3-5-7-19/h3-11,18H,12-17H2,1-2H3,(H,24,28)/p+1/t18-/m0/s1. The molecule has 0 saturated carbocycles. The summed E-state index contributed by atoms with van der Waals surface area (Å²) in [5.74, 6) is 0.666. The second-order valence-electron chi connectivity index (χ2n) is 7.53. The monoisotopic (exact) mass is 412 g/mol. The molecule has 2 atom stereocenters. The van der Waals surface area contributed by atoms with Crippen molar-refractivity contribution in [3.63, 3.8) is 0 Å². The van der Waals surface area contributed by atoms with Gasteiger partial charge in [0.05, 0.1) is 20.3 Å². The van der Waals surface area contributed by atoms with Crippen molar-refractivity contribution in [1.82, 2.24) is 4.90 Å². The van der Waals surface area contributed by atoms with Crippen LogP contribution in [0.2, 0.25) is 0 Å². The van der Waals surface area contributed by atoms with Crippen LogP contribution in [-0.2, 0) is 20.9 Å². The second-order valence-corrected chi connectivity index (χ2v) is 7.53. The molecular formula is C23H30N3O4+. The summed E-state index contributed by atoms with van der Waals surface area (Å²) in [6.45, 7) is 4.99. The van der Waals surface area contributed by atoms with E-state index >= 15 is 0 Å². The molecule has 2 aromatic carbocycles. The molecule has 2 amide bonds. The van der Waals surface area contributed by atoms with Gasteiger partial charge in [-0.1, -0.05) is 30.3 Å². The van der Waals surface area contributed by atoms with E-state index in [1.54, 1.807) is 4.90 Å². The molecule has 1 fully saturated rings. The lowest BCUT2D eigenvalue weighted by Gasteiger charge is -2.28. The van der Waals surface area contributed by atoms with Gasteiger partial charge < -0.3 is 24.6 Å². The summed E-state index contributed by atoms with van der Waals surface area (Å²) in [5.41, 5.74) is 1.80. The summed E-state index contributed by atoms with van der Waals surface area (Å²) >= 11 is 0. The average Bonchev–Trinajstić information content (AvgIpc) is 2.79. The van der Waals surface area contributed by atoms with E-state index in [1.165, 1.54) is 0 Å². The Morgan fingerprint density at radius 2 is 1.77 bits per heavy atom. The zero-order valence-electron chi connectivity index (χ0n) is 17.6. The normalized spacial score (nSPS) is 15.9. The third kappa shape index (κ3) is 6.30. The number of nitrogens with zero attached hydrogens (tertiary/aromatic N) is 1. The highest BCUT2D eigenvalue weighted by Crippen LogP contribution is 2.17. The maximum Gasteiger partial charge on any atom is 0.282 e. The van der Waals surface area contributed by atoms with Crippen molar-refractivity contribution in [2.24, 2.45) is 0 Å². The van der Waals surface area contributed by atoms with Gasteiger partial charge in [-0.25, -0.2) is 0 Å². The Balaban J connectivity index is 1.46. The summed E-state index contributed by atoms with van der Waals surface area (Å²) in [6, 6.07) is 16.9. The van der Waals surface area contributed by atoms with E-state index in [0.29, 0.717) is 38.6 Å². The fraction of sp³-hybridized carbons (Fsp3) is 0.391. The van der Waals surface area contributed by atoms with Crippen molar-refractivity contribution in [2.75, 3.05) is 45.2 Å². The number of carbonyl (C=O) groups excluding carboxylic acids is 2. The molecule has 0 aromatic heterocycles. The Morgan fingerprint density at radius 1 is 1.10 bits per heavy atom. The van der Waals surface area contributed by atoms with E-state index in [0.717, 1.165) is 16.2 Å². The predicted molar refractivity (Wildman–Crippen MR) is 114 cm³/mol. The number of amides is 2. The molecule has 7 nitrogen and oxygen atoms in total. The Labute approximate surface area is 177 Å². The van der Waals surface area contributed by atoms with E-state index in [1.807, 2.05) is 68.6 Å². The van der Waals surface area contributed by atoms with Crippen LogP contribution in [0.5, 0.6) is 5.75 Å². The van der Waals surface area contributed by atoms with Crippen molar-refractivity contribution in [3.8, 4) is 5.75 Å². The van der Waals surface area contributed by atoms with Crippen LogP contribution in [-0.4, -0.2) is 62.7 Å². The zero-order valence-corrected chi connectivity index (χ0v) is 17.6. The first-order valence-corrected chi connectivity index (χ1v) is 10.3. The number of morpholine rings is 1. The molecule has 0 spiro atoms. The van der Waals surface area contributed by atoms with E-state index in [4.69, 9.17) is 9.47 Å². The smallest absolute Gasteiger partial charge is 0.282 e. The zero-order chi connectivity index (χ0) is 21.3. The molecule has 2 aromatic rings. The number of rotatable bonds is 8. The maximum absolute atomic E-state index is 12.6. The summed E-state index contributed by atoms with van der Waals surface area (Å²) in [4.78, 5) is 27.6. The average molecular weight is 413 g/mol. The molecule has 3 rings (SSSR count). The number of hydrogen-bond acceptors (Lipinski definition) is 4. The van der Waals surface area contributed by atoms with Crippen LogP contribution in [0.1, 0.15) is 12.5 Å². The predicted octanol–water partition coefficient (Wildman–Crippen LogP) is 0.966. The molecule has 160 valence electrons. The lowest BCUT2D eigenvalue weighted by atomic mass is 10.2. The molecule has 2 N–H and O–H groups in total. The number of carbonyl (C=O) groups is 2. The van der Waals surface area contributed by atoms with Crippen LogP contribution in [0, 0.1) is 0 Å². The maximum atomic E-state index is 12.6. The number of hydrogen-bond donors (Lipinski definition) is 2. The van der Waals surface area contributed by atoms with Gasteiger partial charge in [0.25, 0.3) is 11.8 Å². The molecule has 1 heterocycles. The third-order valence-electron chi connectivity index (χ3n) is 5.30. The molecule has 1 saturated heterocycles. The molecule has 0 bridgehead atoms. The van der Waals surface area contributed by atoms with E-state index in [-0.39, 0.29) is 24.4 Å². The van der Waals surface area contributed by atoms with Crippen molar-refractivity contribution in [3.05, 3.63) is 60.2 Å². The lowest BCUT2D eigenvalue weighted by Crippen LogP contribution is -3.15. The molecule has 7 heteroatoms. The second kappa shape index (κ2) is 10.8. The number of likely N-dealkylation sites (N-methyl/N-ethyl adjacent to an activating group) is 1. The minimum absolute atomic E-state index is 0.0513. The van der Waals surface area contributed by atoms with Crippen molar-refractivity contribution in [2.45, 2.75) is 19.6 Å². The Bertz CT molecular complexity index is 820. The van der Waals surface area contributed by atoms with Crippen molar-refractivity contribution >= 4 is 17.5 Å². The third-order valence-corrected chi connectivity index (χ3v) is 5.30. The van der Waals surface area contributed by atoms with Gasteiger partial charge >= 0.3 is 0 Å². The first-order chi connectivity index (χ1) is 14.5. The number of ether oxygens (including phenoxy) is 2. The minimum Gasteiger partial charge on any atom is -0.489 e. The van der Waals surface area contributed by atoms with Crippen molar-refractivity contribution in [1.29, 1.82) is 0 Å². The van der Waals surface area contributed by atoms with Crippen LogP contribution in [0.3, 0.4) is 0 Å². The van der Waals surface area contributed by atoms with Gasteiger partial charge in [-0.3, -0.25) is 9.59 Å². The van der Waals surface area contributed by atoms with E-state index < -0.39 is 0 Å². The fourth-order valence-corrected chi connectivity index (χ4v) is 3.17. The number of benzene rings is 2. The molecule has 1 aliphatic rings. The number of nitrogens with one attached hydrogen (secondary N) is 2.